The number of hydrogen-bond donors (Lipinski definition) is 1. The molecule has 0 aliphatic carbocycles. The number of nitrogens with one attached hydrogen (secondary N) is 1. The van der Waals surface area contributed by atoms with Crippen molar-refractivity contribution in [2.45, 2.75) is 51.7 Å². The van der Waals surface area contributed by atoms with Crippen LogP contribution in [0.25, 0.3) is 0 Å². The fourth-order valence-corrected chi connectivity index (χ4v) is 3.51. The molecule has 1 N–H and O–H groups in total. The minimum Gasteiger partial charge on any atom is -0.444 e. The third-order valence-corrected chi connectivity index (χ3v) is 4.99. The highest BCUT2D eigenvalue weighted by atomic mass is 79.9. The van der Waals surface area contributed by atoms with E-state index in [1.807, 2.05) is 26.8 Å². The van der Waals surface area contributed by atoms with Crippen LogP contribution in [-0.4, -0.2) is 47.2 Å². The molecular formula is C18H26BrN3O4. The van der Waals surface area contributed by atoms with E-state index in [0.717, 1.165) is 17.3 Å². The second-order valence-electron chi connectivity index (χ2n) is 7.44. The van der Waals surface area contributed by atoms with E-state index in [1.54, 1.807) is 11.0 Å². The van der Waals surface area contributed by atoms with Crippen molar-refractivity contribution in [3.63, 3.8) is 0 Å². The van der Waals surface area contributed by atoms with E-state index < -0.39 is 5.60 Å². The van der Waals surface area contributed by atoms with Crippen LogP contribution in [0, 0.1) is 10.1 Å². The minimum atomic E-state index is -0.482. The molecule has 2 rings (SSSR count). The first-order chi connectivity index (χ1) is 12.2. The fourth-order valence-electron chi connectivity index (χ4n) is 2.96. The van der Waals surface area contributed by atoms with Crippen LogP contribution in [0.5, 0.6) is 0 Å². The minimum absolute atomic E-state index is 0.140. The average molecular weight is 428 g/mol. The maximum atomic E-state index is 12.1. The van der Waals surface area contributed by atoms with Crippen LogP contribution in [0.2, 0.25) is 0 Å². The molecule has 0 unspecified atom stereocenters. The van der Waals surface area contributed by atoms with Gasteiger partial charge in [-0.15, -0.1) is 0 Å². The standard InChI is InChI=1S/C18H26BrN3O4/c1-18(2,3)26-17(23)21-11-8-13(9-12-21)20-10-7-14-15(19)5-4-6-16(14)22(24)25/h4-6,13,20H,7-12H2,1-3H3. The summed E-state index contributed by atoms with van der Waals surface area (Å²) in [5.41, 5.74) is 0.362. The first-order valence-corrected chi connectivity index (χ1v) is 9.60. The second kappa shape index (κ2) is 8.81. The number of hydrogen-bond acceptors (Lipinski definition) is 5. The van der Waals surface area contributed by atoms with Crippen LogP contribution in [0.4, 0.5) is 10.5 Å². The fraction of sp³-hybridized carbons (Fsp3) is 0.611. The molecule has 1 saturated heterocycles. The van der Waals surface area contributed by atoms with E-state index in [9.17, 15) is 14.9 Å². The summed E-state index contributed by atoms with van der Waals surface area (Å²) in [6.07, 6.45) is 2.00. The van der Waals surface area contributed by atoms with Gasteiger partial charge in [0.25, 0.3) is 5.69 Å². The van der Waals surface area contributed by atoms with Crippen molar-refractivity contribution in [3.05, 3.63) is 38.3 Å². The lowest BCUT2D eigenvalue weighted by Gasteiger charge is -2.33. The Kier molecular flexibility index (Phi) is 7.00. The van der Waals surface area contributed by atoms with Crippen LogP contribution in [-0.2, 0) is 11.2 Å². The highest BCUT2D eigenvalue weighted by Crippen LogP contribution is 2.27. The van der Waals surface area contributed by atoms with Crippen LogP contribution in [0.15, 0.2) is 22.7 Å². The number of nitro groups is 1. The number of ether oxygens (including phenoxy) is 1. The first kappa shape index (κ1) is 20.6. The van der Waals surface area contributed by atoms with Crippen LogP contribution in [0.3, 0.4) is 0 Å². The van der Waals surface area contributed by atoms with E-state index in [0.29, 0.717) is 37.7 Å². The number of carbonyl (C=O) groups is 1. The zero-order valence-corrected chi connectivity index (χ0v) is 17.0. The summed E-state index contributed by atoms with van der Waals surface area (Å²) in [5.74, 6) is 0. The molecule has 0 aromatic heterocycles. The number of halogens is 1. The van der Waals surface area contributed by atoms with Crippen LogP contribution in [0.1, 0.15) is 39.2 Å². The van der Waals surface area contributed by atoms with Gasteiger partial charge in [0.15, 0.2) is 0 Å². The van der Waals surface area contributed by atoms with E-state index in [-0.39, 0.29) is 16.7 Å². The lowest BCUT2D eigenvalue weighted by Crippen LogP contribution is -2.46. The van der Waals surface area contributed by atoms with Crippen molar-refractivity contribution in [3.8, 4) is 0 Å². The summed E-state index contributed by atoms with van der Waals surface area (Å²) in [7, 11) is 0. The van der Waals surface area contributed by atoms with Crippen molar-refractivity contribution >= 4 is 27.7 Å². The lowest BCUT2D eigenvalue weighted by molar-refractivity contribution is -0.385. The number of piperidine rings is 1. The monoisotopic (exact) mass is 427 g/mol. The van der Waals surface area contributed by atoms with Gasteiger partial charge in [0, 0.05) is 35.2 Å². The molecule has 0 atom stereocenters. The number of nitrogens with zero attached hydrogens (tertiary/aromatic N) is 2. The molecule has 0 bridgehead atoms. The predicted molar refractivity (Wildman–Crippen MR) is 103 cm³/mol. The number of nitro benzene ring substituents is 1. The number of likely N-dealkylation sites (tertiary alicyclic amines) is 1. The molecule has 0 radical (unpaired) electrons. The number of benzene rings is 1. The van der Waals surface area contributed by atoms with Gasteiger partial charge in [0.1, 0.15) is 5.60 Å². The second-order valence-corrected chi connectivity index (χ2v) is 8.29. The number of rotatable bonds is 5. The summed E-state index contributed by atoms with van der Waals surface area (Å²) < 4.78 is 6.16. The predicted octanol–water partition coefficient (Wildman–Crippen LogP) is 3.89. The zero-order chi connectivity index (χ0) is 19.3. The van der Waals surface area contributed by atoms with Gasteiger partial charge in [-0.1, -0.05) is 22.0 Å². The van der Waals surface area contributed by atoms with E-state index in [2.05, 4.69) is 21.2 Å². The number of carbonyl (C=O) groups excluding carboxylic acids is 1. The maximum Gasteiger partial charge on any atom is 0.410 e. The summed E-state index contributed by atoms with van der Waals surface area (Å²) in [5, 5.41) is 14.6. The highest BCUT2D eigenvalue weighted by molar-refractivity contribution is 9.10. The van der Waals surface area contributed by atoms with Gasteiger partial charge in [0.2, 0.25) is 0 Å². The molecule has 1 amide bonds. The Hall–Kier alpha value is -1.67. The highest BCUT2D eigenvalue weighted by Gasteiger charge is 2.26. The summed E-state index contributed by atoms with van der Waals surface area (Å²) in [6.45, 7) is 7.55. The summed E-state index contributed by atoms with van der Waals surface area (Å²) >= 11 is 3.40. The van der Waals surface area contributed by atoms with Crippen molar-refractivity contribution in [1.29, 1.82) is 0 Å². The molecule has 144 valence electrons. The Balaban J connectivity index is 1.79. The van der Waals surface area contributed by atoms with Gasteiger partial charge < -0.3 is 15.0 Å². The third-order valence-electron chi connectivity index (χ3n) is 4.25. The zero-order valence-electron chi connectivity index (χ0n) is 15.5. The van der Waals surface area contributed by atoms with E-state index in [4.69, 9.17) is 4.74 Å². The Bertz CT molecular complexity index is 652. The third kappa shape index (κ3) is 5.95. The average Bonchev–Trinajstić information content (AvgIpc) is 2.55. The maximum absolute atomic E-state index is 12.1. The smallest absolute Gasteiger partial charge is 0.410 e. The Morgan fingerprint density at radius 2 is 2.04 bits per heavy atom. The molecule has 1 aromatic rings. The van der Waals surface area contributed by atoms with E-state index in [1.165, 1.54) is 6.07 Å². The SMILES string of the molecule is CC(C)(C)OC(=O)N1CCC(NCCc2c(Br)cccc2[N+](=O)[O-])CC1. The summed E-state index contributed by atoms with van der Waals surface area (Å²) in [6, 6.07) is 5.32. The first-order valence-electron chi connectivity index (χ1n) is 8.80. The molecule has 1 fully saturated rings. The molecule has 1 aliphatic heterocycles. The molecule has 1 aromatic carbocycles. The molecule has 8 heteroatoms. The quantitative estimate of drug-likeness (QED) is 0.568. The Labute approximate surface area is 162 Å². The van der Waals surface area contributed by atoms with Crippen molar-refractivity contribution in [1.82, 2.24) is 10.2 Å². The molecular weight excluding hydrogens is 402 g/mol. The molecule has 26 heavy (non-hydrogen) atoms. The van der Waals surface area contributed by atoms with Gasteiger partial charge in [0.05, 0.1) is 4.92 Å². The van der Waals surface area contributed by atoms with Crippen molar-refractivity contribution in [2.75, 3.05) is 19.6 Å². The van der Waals surface area contributed by atoms with Gasteiger partial charge >= 0.3 is 6.09 Å². The van der Waals surface area contributed by atoms with Crippen LogP contribution < -0.4 is 5.32 Å². The van der Waals surface area contributed by atoms with Gasteiger partial charge in [-0.25, -0.2) is 4.79 Å². The summed E-state index contributed by atoms with van der Waals surface area (Å²) in [4.78, 5) is 24.6. The number of amides is 1. The topological polar surface area (TPSA) is 84.7 Å². The Morgan fingerprint density at radius 1 is 1.38 bits per heavy atom. The molecule has 1 heterocycles. The molecule has 0 spiro atoms. The largest absolute Gasteiger partial charge is 0.444 e. The molecule has 7 nitrogen and oxygen atoms in total. The molecule has 1 aliphatic rings. The van der Waals surface area contributed by atoms with Gasteiger partial charge in [-0.05, 0) is 52.6 Å². The van der Waals surface area contributed by atoms with E-state index >= 15 is 0 Å². The van der Waals surface area contributed by atoms with Crippen molar-refractivity contribution < 1.29 is 14.5 Å². The lowest BCUT2D eigenvalue weighted by atomic mass is 10.0. The van der Waals surface area contributed by atoms with Gasteiger partial charge in [-0.2, -0.15) is 0 Å². The van der Waals surface area contributed by atoms with Crippen molar-refractivity contribution in [2.24, 2.45) is 0 Å². The van der Waals surface area contributed by atoms with Crippen LogP contribution >= 0.6 is 15.9 Å². The van der Waals surface area contributed by atoms with Gasteiger partial charge in [-0.3, -0.25) is 10.1 Å². The normalized spacial score (nSPS) is 15.8. The Morgan fingerprint density at radius 3 is 2.62 bits per heavy atom. The molecule has 0 saturated carbocycles.